The summed E-state index contributed by atoms with van der Waals surface area (Å²) in [6.45, 7) is 7.40. The molecule has 0 aliphatic carbocycles. The average Bonchev–Trinajstić information content (AvgIpc) is 3.18. The molecule has 0 radical (unpaired) electrons. The second-order valence-corrected chi connectivity index (χ2v) is 6.56. The summed E-state index contributed by atoms with van der Waals surface area (Å²) in [5, 5.41) is 2.98. The molecule has 3 heterocycles. The van der Waals surface area contributed by atoms with E-state index < -0.39 is 0 Å². The number of aryl methyl sites for hydroxylation is 1. The van der Waals surface area contributed by atoms with Crippen molar-refractivity contribution < 1.29 is 4.79 Å². The molecule has 3 rings (SSSR count). The molecule has 0 unspecified atom stereocenters. The van der Waals surface area contributed by atoms with Crippen LogP contribution in [0.4, 0.5) is 0 Å². The molecule has 118 valence electrons. The Labute approximate surface area is 134 Å². The number of likely N-dealkylation sites (N-methyl/N-ethyl adjacent to an activating group) is 1. The van der Waals surface area contributed by atoms with Crippen LogP contribution in [0.3, 0.4) is 0 Å². The normalized spacial score (nSPS) is 19.5. The number of H-pyrrole nitrogens is 1. The smallest absolute Gasteiger partial charge is 0.228 e. The third-order valence-corrected chi connectivity index (χ3v) is 4.91. The van der Waals surface area contributed by atoms with Gasteiger partial charge in [0.2, 0.25) is 5.91 Å². The van der Waals surface area contributed by atoms with Crippen LogP contribution in [-0.2, 0) is 11.2 Å². The van der Waals surface area contributed by atoms with E-state index in [9.17, 15) is 4.79 Å². The van der Waals surface area contributed by atoms with Crippen molar-refractivity contribution in [1.29, 1.82) is 0 Å². The van der Waals surface area contributed by atoms with Crippen molar-refractivity contribution in [2.45, 2.75) is 26.3 Å². The number of thiazole rings is 1. The molecule has 2 aromatic rings. The molecular weight excluding hydrogens is 298 g/mol. The molecule has 0 bridgehead atoms. The summed E-state index contributed by atoms with van der Waals surface area (Å²) in [5.41, 5.74) is 0.875. The van der Waals surface area contributed by atoms with Crippen LogP contribution < -0.4 is 0 Å². The van der Waals surface area contributed by atoms with E-state index in [1.165, 1.54) is 0 Å². The van der Waals surface area contributed by atoms with Crippen molar-refractivity contribution in [3.05, 3.63) is 34.3 Å². The van der Waals surface area contributed by atoms with Gasteiger partial charge in [0.1, 0.15) is 5.82 Å². The van der Waals surface area contributed by atoms with Gasteiger partial charge in [-0.2, -0.15) is 0 Å². The van der Waals surface area contributed by atoms with Crippen molar-refractivity contribution in [1.82, 2.24) is 24.8 Å². The number of rotatable bonds is 4. The molecule has 1 aliphatic rings. The number of aromatic amines is 1. The summed E-state index contributed by atoms with van der Waals surface area (Å²) >= 11 is 1.59. The fourth-order valence-electron chi connectivity index (χ4n) is 2.90. The van der Waals surface area contributed by atoms with E-state index in [0.717, 1.165) is 36.2 Å². The zero-order valence-corrected chi connectivity index (χ0v) is 13.8. The number of hydrogen-bond donors (Lipinski definition) is 1. The first-order chi connectivity index (χ1) is 10.7. The SMILES string of the molecule is CCN1CCN(C(=O)Cc2csc(C)n2)C[C@H]1c1ncc[nH]1. The number of piperazine rings is 1. The standard InChI is InChI=1S/C15H21N5OS/c1-3-19-6-7-20(9-13(19)15-16-4-5-17-15)14(21)8-12-10-22-11(2)18-12/h4-5,10,13H,3,6-9H2,1-2H3,(H,16,17)/t13-/m0/s1. The quantitative estimate of drug-likeness (QED) is 0.930. The third-order valence-electron chi connectivity index (χ3n) is 4.08. The molecule has 22 heavy (non-hydrogen) atoms. The highest BCUT2D eigenvalue weighted by Gasteiger charge is 2.31. The van der Waals surface area contributed by atoms with Crippen LogP contribution in [0, 0.1) is 6.92 Å². The number of carbonyl (C=O) groups excluding carboxylic acids is 1. The van der Waals surface area contributed by atoms with E-state index in [0.29, 0.717) is 13.0 Å². The number of amides is 1. The van der Waals surface area contributed by atoms with Crippen molar-refractivity contribution in [3.63, 3.8) is 0 Å². The zero-order chi connectivity index (χ0) is 15.5. The summed E-state index contributed by atoms with van der Waals surface area (Å²) in [6.07, 6.45) is 3.99. The van der Waals surface area contributed by atoms with Crippen LogP contribution in [0.5, 0.6) is 0 Å². The summed E-state index contributed by atoms with van der Waals surface area (Å²) in [7, 11) is 0. The van der Waals surface area contributed by atoms with Gasteiger partial charge in [-0.1, -0.05) is 6.92 Å². The first-order valence-corrected chi connectivity index (χ1v) is 8.47. The van der Waals surface area contributed by atoms with Crippen molar-refractivity contribution >= 4 is 17.2 Å². The van der Waals surface area contributed by atoms with Crippen LogP contribution in [0.1, 0.15) is 29.5 Å². The second-order valence-electron chi connectivity index (χ2n) is 5.49. The molecule has 1 aliphatic heterocycles. The number of nitrogens with zero attached hydrogens (tertiary/aromatic N) is 4. The van der Waals surface area contributed by atoms with E-state index in [4.69, 9.17) is 0 Å². The molecule has 0 saturated carbocycles. The fourth-order valence-corrected chi connectivity index (χ4v) is 3.51. The minimum atomic E-state index is 0.148. The lowest BCUT2D eigenvalue weighted by Gasteiger charge is -2.40. The Kier molecular flexibility index (Phi) is 4.54. The molecule has 1 atom stereocenters. The second kappa shape index (κ2) is 6.58. The van der Waals surface area contributed by atoms with Gasteiger partial charge in [-0.15, -0.1) is 11.3 Å². The highest BCUT2D eigenvalue weighted by molar-refractivity contribution is 7.09. The molecule has 0 spiro atoms. The maximum absolute atomic E-state index is 12.5. The molecule has 0 aromatic carbocycles. The van der Waals surface area contributed by atoms with Crippen LogP contribution >= 0.6 is 11.3 Å². The summed E-state index contributed by atoms with van der Waals surface area (Å²) in [6, 6.07) is 0.148. The highest BCUT2D eigenvalue weighted by Crippen LogP contribution is 2.23. The monoisotopic (exact) mass is 319 g/mol. The van der Waals surface area contributed by atoms with Gasteiger partial charge in [0.25, 0.3) is 0 Å². The summed E-state index contributed by atoms with van der Waals surface area (Å²) < 4.78 is 0. The van der Waals surface area contributed by atoms with Crippen molar-refractivity contribution in [2.24, 2.45) is 0 Å². The zero-order valence-electron chi connectivity index (χ0n) is 13.0. The highest BCUT2D eigenvalue weighted by atomic mass is 32.1. The molecule has 2 aromatic heterocycles. The Bertz CT molecular complexity index is 624. The van der Waals surface area contributed by atoms with Gasteiger partial charge in [-0.25, -0.2) is 9.97 Å². The molecular formula is C15H21N5OS. The van der Waals surface area contributed by atoms with Gasteiger partial charge in [0.05, 0.1) is 23.2 Å². The van der Waals surface area contributed by atoms with E-state index in [1.807, 2.05) is 23.4 Å². The van der Waals surface area contributed by atoms with Gasteiger partial charge < -0.3 is 9.88 Å². The Balaban J connectivity index is 1.68. The fraction of sp³-hybridized carbons (Fsp3) is 0.533. The third kappa shape index (κ3) is 3.20. The maximum atomic E-state index is 12.5. The Morgan fingerprint density at radius 1 is 1.50 bits per heavy atom. The lowest BCUT2D eigenvalue weighted by atomic mass is 10.1. The van der Waals surface area contributed by atoms with Crippen LogP contribution in [-0.4, -0.2) is 56.8 Å². The predicted octanol–water partition coefficient (Wildman–Crippen LogP) is 1.62. The van der Waals surface area contributed by atoms with Crippen molar-refractivity contribution in [3.8, 4) is 0 Å². The molecule has 1 N–H and O–H groups in total. The average molecular weight is 319 g/mol. The summed E-state index contributed by atoms with van der Waals surface area (Å²) in [5.74, 6) is 1.08. The number of nitrogens with one attached hydrogen (secondary N) is 1. The van der Waals surface area contributed by atoms with Crippen LogP contribution in [0.25, 0.3) is 0 Å². The number of hydrogen-bond acceptors (Lipinski definition) is 5. The molecule has 1 fully saturated rings. The number of imidazole rings is 1. The first-order valence-electron chi connectivity index (χ1n) is 7.59. The first kappa shape index (κ1) is 15.2. The van der Waals surface area contributed by atoms with Crippen LogP contribution in [0.2, 0.25) is 0 Å². The minimum Gasteiger partial charge on any atom is -0.347 e. The molecule has 7 heteroatoms. The van der Waals surface area contributed by atoms with Gasteiger partial charge in [-0.05, 0) is 13.5 Å². The Morgan fingerprint density at radius 3 is 3.00 bits per heavy atom. The lowest BCUT2D eigenvalue weighted by molar-refractivity contribution is -0.133. The van der Waals surface area contributed by atoms with Crippen LogP contribution in [0.15, 0.2) is 17.8 Å². The van der Waals surface area contributed by atoms with E-state index in [-0.39, 0.29) is 11.9 Å². The topological polar surface area (TPSA) is 65.1 Å². The molecule has 1 amide bonds. The van der Waals surface area contributed by atoms with Crippen molar-refractivity contribution in [2.75, 3.05) is 26.2 Å². The summed E-state index contributed by atoms with van der Waals surface area (Å²) in [4.78, 5) is 28.8. The minimum absolute atomic E-state index is 0.148. The molecule has 1 saturated heterocycles. The van der Waals surface area contributed by atoms with Gasteiger partial charge in [0, 0.05) is 37.4 Å². The van der Waals surface area contributed by atoms with E-state index >= 15 is 0 Å². The van der Waals surface area contributed by atoms with Gasteiger partial charge in [-0.3, -0.25) is 9.69 Å². The molecule has 6 nitrogen and oxygen atoms in total. The Hall–Kier alpha value is -1.73. The largest absolute Gasteiger partial charge is 0.347 e. The Morgan fingerprint density at radius 2 is 2.36 bits per heavy atom. The maximum Gasteiger partial charge on any atom is 0.228 e. The predicted molar refractivity (Wildman–Crippen MR) is 85.7 cm³/mol. The van der Waals surface area contributed by atoms with E-state index in [2.05, 4.69) is 26.8 Å². The number of carbonyl (C=O) groups is 1. The van der Waals surface area contributed by atoms with E-state index in [1.54, 1.807) is 17.5 Å². The van der Waals surface area contributed by atoms with Gasteiger partial charge >= 0.3 is 0 Å². The number of aromatic nitrogens is 3. The van der Waals surface area contributed by atoms with Gasteiger partial charge in [0.15, 0.2) is 0 Å². The lowest BCUT2D eigenvalue weighted by Crippen LogP contribution is -2.51.